The molecule has 0 N–H and O–H groups in total. The van der Waals surface area contributed by atoms with Crippen molar-refractivity contribution in [3.05, 3.63) is 0 Å². The van der Waals surface area contributed by atoms with Gasteiger partial charge in [-0.15, -0.1) is 0 Å². The van der Waals surface area contributed by atoms with Crippen LogP contribution in [-0.2, 0) is 18.1 Å². The molecule has 3 unspecified atom stereocenters. The van der Waals surface area contributed by atoms with Crippen molar-refractivity contribution in [1.29, 1.82) is 0 Å². The van der Waals surface area contributed by atoms with E-state index in [4.69, 9.17) is 13.6 Å². The lowest BCUT2D eigenvalue weighted by Crippen LogP contribution is -2.32. The molecule has 3 atom stereocenters. The molecule has 0 aliphatic rings. The van der Waals surface area contributed by atoms with Crippen molar-refractivity contribution in [1.82, 2.24) is 0 Å². The highest BCUT2D eigenvalue weighted by molar-refractivity contribution is 7.48. The standard InChI is InChI=1S/C21H36F9O4P/c1-4-7-16(10-19(25,26)13-22)32-35(31,33-17(8-5-2)11-20(27,28)14-23)34-18(9-6-3)12-21(29,30)15-24/h16-18H,4-15H2,1-3H3. The Kier molecular flexibility index (Phi) is 15.4. The number of alkyl halides is 9. The lowest BCUT2D eigenvalue weighted by Gasteiger charge is -2.32. The van der Waals surface area contributed by atoms with Crippen LogP contribution in [0.4, 0.5) is 39.5 Å². The Morgan fingerprint density at radius 2 is 0.800 bits per heavy atom. The van der Waals surface area contributed by atoms with E-state index < -0.39 is 83.2 Å². The first-order chi connectivity index (χ1) is 16.1. The fourth-order valence-corrected chi connectivity index (χ4v) is 5.11. The second-order valence-electron chi connectivity index (χ2n) is 8.58. The zero-order valence-corrected chi connectivity index (χ0v) is 21.1. The molecule has 0 spiro atoms. The molecule has 212 valence electrons. The molecule has 0 aromatic carbocycles. The summed E-state index contributed by atoms with van der Waals surface area (Å²) >= 11 is 0. The third-order valence-corrected chi connectivity index (χ3v) is 6.50. The summed E-state index contributed by atoms with van der Waals surface area (Å²) in [4.78, 5) is 0. The van der Waals surface area contributed by atoms with Gasteiger partial charge in [0.05, 0.1) is 18.3 Å². The van der Waals surface area contributed by atoms with Crippen LogP contribution >= 0.6 is 7.82 Å². The maximum absolute atomic E-state index is 13.7. The van der Waals surface area contributed by atoms with Crippen molar-refractivity contribution in [2.24, 2.45) is 0 Å². The molecule has 0 saturated carbocycles. The molecule has 0 amide bonds. The van der Waals surface area contributed by atoms with E-state index in [-0.39, 0.29) is 38.5 Å². The molecule has 0 fully saturated rings. The predicted molar refractivity (Wildman–Crippen MR) is 114 cm³/mol. The van der Waals surface area contributed by atoms with Gasteiger partial charge in [0.2, 0.25) is 0 Å². The third kappa shape index (κ3) is 14.7. The van der Waals surface area contributed by atoms with Crippen LogP contribution in [-0.4, -0.2) is 56.1 Å². The van der Waals surface area contributed by atoms with Crippen molar-refractivity contribution in [2.45, 2.75) is 115 Å². The molecule has 4 nitrogen and oxygen atoms in total. The Morgan fingerprint density at radius 3 is 0.971 bits per heavy atom. The molecule has 0 aromatic rings. The van der Waals surface area contributed by atoms with Gasteiger partial charge in [-0.3, -0.25) is 13.6 Å². The first kappa shape index (κ1) is 34.5. The van der Waals surface area contributed by atoms with Crippen LogP contribution in [0.3, 0.4) is 0 Å². The van der Waals surface area contributed by atoms with E-state index >= 15 is 0 Å². The molecular weight excluding hydrogens is 518 g/mol. The molecule has 0 aliphatic carbocycles. The minimum Gasteiger partial charge on any atom is -0.283 e. The summed E-state index contributed by atoms with van der Waals surface area (Å²) in [6, 6.07) is 0. The van der Waals surface area contributed by atoms with Crippen LogP contribution in [0.5, 0.6) is 0 Å². The molecule has 14 heteroatoms. The van der Waals surface area contributed by atoms with Gasteiger partial charge < -0.3 is 0 Å². The molecule has 0 aliphatic heterocycles. The highest BCUT2D eigenvalue weighted by Crippen LogP contribution is 2.56. The average molecular weight is 554 g/mol. The summed E-state index contributed by atoms with van der Waals surface area (Å²) in [6.45, 7) is -1.57. The number of rotatable bonds is 21. The van der Waals surface area contributed by atoms with Gasteiger partial charge in [0.15, 0.2) is 20.0 Å². The smallest absolute Gasteiger partial charge is 0.283 e. The van der Waals surface area contributed by atoms with E-state index in [2.05, 4.69) is 0 Å². The van der Waals surface area contributed by atoms with Gasteiger partial charge in [-0.25, -0.2) is 44.1 Å². The number of hydrogen-bond acceptors (Lipinski definition) is 4. The molecule has 0 rings (SSSR count). The summed E-state index contributed by atoms with van der Waals surface area (Å²) < 4.78 is 149. The van der Waals surface area contributed by atoms with Gasteiger partial charge in [-0.2, -0.15) is 0 Å². The lowest BCUT2D eigenvalue weighted by atomic mass is 10.1. The highest BCUT2D eigenvalue weighted by atomic mass is 31.2. The van der Waals surface area contributed by atoms with E-state index in [1.165, 1.54) is 0 Å². The Bertz CT molecular complexity index is 545. The van der Waals surface area contributed by atoms with Crippen molar-refractivity contribution < 1.29 is 57.7 Å². The molecule has 0 heterocycles. The van der Waals surface area contributed by atoms with E-state index in [0.717, 1.165) is 0 Å². The van der Waals surface area contributed by atoms with Gasteiger partial charge in [-0.1, -0.05) is 40.0 Å². The maximum atomic E-state index is 13.7. The topological polar surface area (TPSA) is 44.8 Å². The summed E-state index contributed by atoms with van der Waals surface area (Å²) in [7, 11) is -5.13. The van der Waals surface area contributed by atoms with Gasteiger partial charge in [0.25, 0.3) is 17.8 Å². The highest BCUT2D eigenvalue weighted by Gasteiger charge is 2.44. The zero-order chi connectivity index (χ0) is 27.3. The Morgan fingerprint density at radius 1 is 0.571 bits per heavy atom. The Hall–Kier alpha value is -0.520. The number of halogens is 9. The van der Waals surface area contributed by atoms with Crippen LogP contribution in [0.2, 0.25) is 0 Å². The van der Waals surface area contributed by atoms with E-state index in [9.17, 15) is 44.1 Å². The van der Waals surface area contributed by atoms with Gasteiger partial charge in [0.1, 0.15) is 0 Å². The van der Waals surface area contributed by atoms with Crippen molar-refractivity contribution in [3.8, 4) is 0 Å². The Labute approximate surface area is 200 Å². The maximum Gasteiger partial charge on any atom is 0.475 e. The second-order valence-corrected chi connectivity index (χ2v) is 10.1. The predicted octanol–water partition coefficient (Wildman–Crippen LogP) is 8.64. The summed E-state index contributed by atoms with van der Waals surface area (Å²) in [6.07, 6.45) is -8.82. The lowest BCUT2D eigenvalue weighted by molar-refractivity contribution is -0.0876. The number of phosphoric acid groups is 1. The minimum absolute atomic E-state index is 0.184. The zero-order valence-electron chi connectivity index (χ0n) is 20.2. The number of hydrogen-bond donors (Lipinski definition) is 0. The number of phosphoric ester groups is 1. The molecule has 0 aromatic heterocycles. The first-order valence-corrected chi connectivity index (χ1v) is 13.0. The fraction of sp³-hybridized carbons (Fsp3) is 1.00. The van der Waals surface area contributed by atoms with E-state index in [0.29, 0.717) is 0 Å². The Balaban J connectivity index is 6.14. The van der Waals surface area contributed by atoms with Crippen molar-refractivity contribution in [3.63, 3.8) is 0 Å². The van der Waals surface area contributed by atoms with Gasteiger partial charge in [0, 0.05) is 19.3 Å². The second kappa shape index (κ2) is 15.7. The molecule has 0 bridgehead atoms. The SMILES string of the molecule is CCCC(CC(F)(F)CF)OP(=O)(OC(CCC)CC(F)(F)CF)OC(CCC)CC(F)(F)CF. The quantitative estimate of drug-likeness (QED) is 0.105. The van der Waals surface area contributed by atoms with Crippen LogP contribution < -0.4 is 0 Å². The molecule has 0 saturated heterocycles. The van der Waals surface area contributed by atoms with Crippen LogP contribution in [0.1, 0.15) is 78.6 Å². The van der Waals surface area contributed by atoms with Crippen LogP contribution in [0, 0.1) is 0 Å². The molecule has 35 heavy (non-hydrogen) atoms. The van der Waals surface area contributed by atoms with Crippen LogP contribution in [0.25, 0.3) is 0 Å². The monoisotopic (exact) mass is 554 g/mol. The van der Waals surface area contributed by atoms with Crippen molar-refractivity contribution in [2.75, 3.05) is 20.0 Å². The summed E-state index contributed by atoms with van der Waals surface area (Å²) in [5.41, 5.74) is 0. The van der Waals surface area contributed by atoms with Crippen molar-refractivity contribution >= 4 is 7.82 Å². The third-order valence-electron chi connectivity index (χ3n) is 4.83. The molecular formula is C21H36F9O4P. The summed E-state index contributed by atoms with van der Waals surface area (Å²) in [5, 5.41) is 0. The molecule has 0 radical (unpaired) electrons. The van der Waals surface area contributed by atoms with E-state index in [1.54, 1.807) is 20.8 Å². The van der Waals surface area contributed by atoms with Gasteiger partial charge in [-0.05, 0) is 19.3 Å². The van der Waals surface area contributed by atoms with Gasteiger partial charge >= 0.3 is 7.82 Å². The minimum atomic E-state index is -5.13. The summed E-state index contributed by atoms with van der Waals surface area (Å²) in [5.74, 6) is -11.7. The van der Waals surface area contributed by atoms with Crippen LogP contribution in [0.15, 0.2) is 0 Å². The van der Waals surface area contributed by atoms with E-state index in [1.807, 2.05) is 0 Å². The average Bonchev–Trinajstić information content (AvgIpc) is 2.73. The normalized spacial score (nSPS) is 17.7. The first-order valence-electron chi connectivity index (χ1n) is 11.6. The largest absolute Gasteiger partial charge is 0.475 e. The fourth-order valence-electron chi connectivity index (χ4n) is 3.33.